The molecule has 90 valence electrons. The molecule has 0 saturated carbocycles. The molecule has 0 bridgehead atoms. The molecule has 3 N–H and O–H groups in total. The summed E-state index contributed by atoms with van der Waals surface area (Å²) >= 11 is 0. The third-order valence-corrected chi connectivity index (χ3v) is 3.02. The Morgan fingerprint density at radius 2 is 2.12 bits per heavy atom. The highest BCUT2D eigenvalue weighted by Gasteiger charge is 2.05. The fraction of sp³-hybridized carbons (Fsp3) is 0.571. The number of rotatable bonds is 7. The molecular weight excluding hydrogens is 196 g/mol. The zero-order valence-corrected chi connectivity index (χ0v) is 10.5. The number of anilines is 2. The summed E-state index contributed by atoms with van der Waals surface area (Å²) in [6, 6.07) is 7.97. The van der Waals surface area contributed by atoms with E-state index in [4.69, 9.17) is 5.73 Å². The van der Waals surface area contributed by atoms with Crippen molar-refractivity contribution < 1.29 is 0 Å². The van der Waals surface area contributed by atoms with Crippen LogP contribution in [-0.4, -0.2) is 6.54 Å². The molecule has 0 aliphatic heterocycles. The summed E-state index contributed by atoms with van der Waals surface area (Å²) in [4.78, 5) is 0. The number of nitrogens with two attached hydrogens (primary N) is 1. The van der Waals surface area contributed by atoms with Crippen molar-refractivity contribution in [1.29, 1.82) is 0 Å². The molecule has 1 rings (SSSR count). The van der Waals surface area contributed by atoms with Gasteiger partial charge in [-0.05, 0) is 30.5 Å². The summed E-state index contributed by atoms with van der Waals surface area (Å²) in [6.07, 6.45) is 5.18. The highest BCUT2D eigenvalue weighted by Crippen LogP contribution is 2.16. The molecule has 0 aromatic heterocycles. The van der Waals surface area contributed by atoms with Crippen LogP contribution in [0.15, 0.2) is 24.3 Å². The maximum atomic E-state index is 5.74. The van der Waals surface area contributed by atoms with Crippen LogP contribution >= 0.6 is 0 Å². The molecule has 0 aliphatic carbocycles. The smallest absolute Gasteiger partial charge is 0.0360 e. The lowest BCUT2D eigenvalue weighted by Crippen LogP contribution is -2.13. The van der Waals surface area contributed by atoms with E-state index in [0.717, 1.165) is 23.8 Å². The molecular formula is C14H24N2. The average molecular weight is 220 g/mol. The third-order valence-electron chi connectivity index (χ3n) is 3.02. The van der Waals surface area contributed by atoms with Crippen molar-refractivity contribution in [2.45, 2.75) is 39.5 Å². The molecule has 0 radical (unpaired) electrons. The molecule has 16 heavy (non-hydrogen) atoms. The van der Waals surface area contributed by atoms with Gasteiger partial charge in [0.05, 0.1) is 0 Å². The van der Waals surface area contributed by atoms with Crippen molar-refractivity contribution in [2.75, 3.05) is 17.6 Å². The quantitative estimate of drug-likeness (QED) is 0.684. The molecule has 1 aromatic rings. The number of unbranched alkanes of at least 4 members (excludes halogenated alkanes) is 1. The summed E-state index contributed by atoms with van der Waals surface area (Å²) in [6.45, 7) is 5.57. The Labute approximate surface area is 99.2 Å². The molecule has 0 saturated heterocycles. The summed E-state index contributed by atoms with van der Waals surface area (Å²) in [5, 5.41) is 3.47. The minimum atomic E-state index is 0.779. The molecule has 0 amide bonds. The van der Waals surface area contributed by atoms with Gasteiger partial charge in [-0.2, -0.15) is 0 Å². The number of nitrogens with one attached hydrogen (secondary N) is 1. The Hall–Kier alpha value is -1.18. The summed E-state index contributed by atoms with van der Waals surface area (Å²) < 4.78 is 0. The average Bonchev–Trinajstić information content (AvgIpc) is 2.29. The molecule has 1 aromatic carbocycles. The van der Waals surface area contributed by atoms with Crippen molar-refractivity contribution in [3.63, 3.8) is 0 Å². The van der Waals surface area contributed by atoms with Crippen molar-refractivity contribution in [1.82, 2.24) is 0 Å². The monoisotopic (exact) mass is 220 g/mol. The Morgan fingerprint density at radius 3 is 2.75 bits per heavy atom. The van der Waals surface area contributed by atoms with Crippen molar-refractivity contribution in [3.05, 3.63) is 24.3 Å². The number of hydrogen-bond donors (Lipinski definition) is 2. The van der Waals surface area contributed by atoms with Gasteiger partial charge in [-0.15, -0.1) is 0 Å². The van der Waals surface area contributed by atoms with Crippen LogP contribution in [0, 0.1) is 5.92 Å². The topological polar surface area (TPSA) is 38.0 Å². The zero-order valence-electron chi connectivity index (χ0n) is 10.5. The second-order valence-corrected chi connectivity index (χ2v) is 4.42. The number of nitrogen functional groups attached to an aromatic ring is 1. The van der Waals surface area contributed by atoms with E-state index in [1.165, 1.54) is 25.7 Å². The normalized spacial score (nSPS) is 12.4. The minimum Gasteiger partial charge on any atom is -0.399 e. The fourth-order valence-corrected chi connectivity index (χ4v) is 1.85. The lowest BCUT2D eigenvalue weighted by Gasteiger charge is -2.16. The molecule has 1 unspecified atom stereocenters. The molecule has 2 heteroatoms. The summed E-state index contributed by atoms with van der Waals surface area (Å²) in [5.41, 5.74) is 7.70. The second kappa shape index (κ2) is 7.15. The van der Waals surface area contributed by atoms with Crippen molar-refractivity contribution >= 4 is 11.4 Å². The standard InChI is InChI=1S/C14H24N2/c1-3-5-7-12(4-2)11-16-14-9-6-8-13(15)10-14/h6,8-10,12,16H,3-5,7,11,15H2,1-2H3. The first-order chi connectivity index (χ1) is 7.76. The van der Waals surface area contributed by atoms with Crippen LogP contribution in [0.5, 0.6) is 0 Å². The van der Waals surface area contributed by atoms with E-state index < -0.39 is 0 Å². The van der Waals surface area contributed by atoms with E-state index in [1.807, 2.05) is 18.2 Å². The van der Waals surface area contributed by atoms with Gasteiger partial charge in [0.25, 0.3) is 0 Å². The van der Waals surface area contributed by atoms with Gasteiger partial charge in [-0.3, -0.25) is 0 Å². The SMILES string of the molecule is CCCCC(CC)CNc1cccc(N)c1. The Balaban J connectivity index is 2.37. The maximum Gasteiger partial charge on any atom is 0.0360 e. The molecule has 2 nitrogen and oxygen atoms in total. The summed E-state index contributed by atoms with van der Waals surface area (Å²) in [7, 11) is 0. The highest BCUT2D eigenvalue weighted by atomic mass is 14.9. The first-order valence-electron chi connectivity index (χ1n) is 6.35. The van der Waals surface area contributed by atoms with Crippen LogP contribution in [0.25, 0.3) is 0 Å². The largest absolute Gasteiger partial charge is 0.399 e. The lowest BCUT2D eigenvalue weighted by atomic mass is 9.99. The summed E-state index contributed by atoms with van der Waals surface area (Å²) in [5.74, 6) is 0.779. The molecule has 1 atom stereocenters. The van der Waals surface area contributed by atoms with Crippen LogP contribution in [0.3, 0.4) is 0 Å². The van der Waals surface area contributed by atoms with Crippen LogP contribution in [0.4, 0.5) is 11.4 Å². The van der Waals surface area contributed by atoms with Gasteiger partial charge in [0.15, 0.2) is 0 Å². The maximum absolute atomic E-state index is 5.74. The number of benzene rings is 1. The Bertz CT molecular complexity index is 297. The van der Waals surface area contributed by atoms with Gasteiger partial charge in [-0.25, -0.2) is 0 Å². The highest BCUT2D eigenvalue weighted by molar-refractivity contribution is 5.53. The predicted octanol–water partition coefficient (Wildman–Crippen LogP) is 3.90. The van der Waals surface area contributed by atoms with E-state index in [0.29, 0.717) is 0 Å². The van der Waals surface area contributed by atoms with Gasteiger partial charge in [0.2, 0.25) is 0 Å². The van der Waals surface area contributed by atoms with Crippen LogP contribution in [0.2, 0.25) is 0 Å². The predicted molar refractivity (Wildman–Crippen MR) is 72.7 cm³/mol. The second-order valence-electron chi connectivity index (χ2n) is 4.42. The first kappa shape index (κ1) is 12.9. The van der Waals surface area contributed by atoms with Gasteiger partial charge in [0.1, 0.15) is 0 Å². The fourth-order valence-electron chi connectivity index (χ4n) is 1.85. The Morgan fingerprint density at radius 1 is 1.31 bits per heavy atom. The molecule has 0 spiro atoms. The van der Waals surface area contributed by atoms with Gasteiger partial charge in [0, 0.05) is 17.9 Å². The first-order valence-corrected chi connectivity index (χ1v) is 6.35. The molecule has 0 fully saturated rings. The van der Waals surface area contributed by atoms with E-state index in [9.17, 15) is 0 Å². The molecule has 0 aliphatic rings. The van der Waals surface area contributed by atoms with Crippen LogP contribution in [-0.2, 0) is 0 Å². The third kappa shape index (κ3) is 4.56. The van der Waals surface area contributed by atoms with E-state index in [-0.39, 0.29) is 0 Å². The van der Waals surface area contributed by atoms with Crippen LogP contribution < -0.4 is 11.1 Å². The van der Waals surface area contributed by atoms with Crippen LogP contribution in [0.1, 0.15) is 39.5 Å². The van der Waals surface area contributed by atoms with E-state index in [1.54, 1.807) is 0 Å². The number of hydrogen-bond acceptors (Lipinski definition) is 2. The van der Waals surface area contributed by atoms with E-state index >= 15 is 0 Å². The minimum absolute atomic E-state index is 0.779. The molecule has 0 heterocycles. The lowest BCUT2D eigenvalue weighted by molar-refractivity contribution is 0.473. The zero-order chi connectivity index (χ0) is 11.8. The van der Waals surface area contributed by atoms with Gasteiger partial charge < -0.3 is 11.1 Å². The van der Waals surface area contributed by atoms with Gasteiger partial charge in [-0.1, -0.05) is 39.2 Å². The Kier molecular flexibility index (Phi) is 5.76. The van der Waals surface area contributed by atoms with Gasteiger partial charge >= 0.3 is 0 Å². The van der Waals surface area contributed by atoms with Crippen molar-refractivity contribution in [2.24, 2.45) is 5.92 Å². The van der Waals surface area contributed by atoms with Crippen molar-refractivity contribution in [3.8, 4) is 0 Å². The van der Waals surface area contributed by atoms with E-state index in [2.05, 4.69) is 25.2 Å².